The molecular weight excluding hydrogens is 268 g/mol. The molecule has 0 aromatic heterocycles. The van der Waals surface area contributed by atoms with Crippen molar-refractivity contribution in [3.8, 4) is 5.75 Å². The number of phenolic OH excluding ortho intramolecular Hbond substituents is 1. The van der Waals surface area contributed by atoms with Gasteiger partial charge in [-0.1, -0.05) is 42.5 Å². The Bertz CT molecular complexity index is 647. The summed E-state index contributed by atoms with van der Waals surface area (Å²) in [7, 11) is 1.51. The Kier molecular flexibility index (Phi) is 4.85. The summed E-state index contributed by atoms with van der Waals surface area (Å²) in [5, 5.41) is 10.1. The largest absolute Gasteiger partial charge is 0.507 e. The highest BCUT2D eigenvalue weighted by molar-refractivity contribution is 6.14. The van der Waals surface area contributed by atoms with Gasteiger partial charge in [0, 0.05) is 18.2 Å². The van der Waals surface area contributed by atoms with Gasteiger partial charge < -0.3 is 9.84 Å². The van der Waals surface area contributed by atoms with Crippen LogP contribution in [0.2, 0.25) is 0 Å². The third-order valence-electron chi connectivity index (χ3n) is 3.14. The highest BCUT2D eigenvalue weighted by Gasteiger charge is 2.18. The summed E-state index contributed by atoms with van der Waals surface area (Å²) in [5.74, 6) is -0.790. The highest BCUT2D eigenvalue weighted by atomic mass is 16.5. The van der Waals surface area contributed by atoms with Crippen LogP contribution in [0.5, 0.6) is 5.75 Å². The van der Waals surface area contributed by atoms with E-state index in [1.165, 1.54) is 13.2 Å². The van der Waals surface area contributed by atoms with E-state index in [4.69, 9.17) is 4.74 Å². The molecular formula is C17H16O4. The summed E-state index contributed by atoms with van der Waals surface area (Å²) in [6.45, 7) is 0.208. The van der Waals surface area contributed by atoms with Crippen molar-refractivity contribution in [3.63, 3.8) is 0 Å². The molecule has 0 unspecified atom stereocenters. The maximum atomic E-state index is 12.2. The van der Waals surface area contributed by atoms with Crippen LogP contribution in [0.4, 0.5) is 0 Å². The summed E-state index contributed by atoms with van der Waals surface area (Å²) in [5.41, 5.74) is 1.16. The highest BCUT2D eigenvalue weighted by Crippen LogP contribution is 2.24. The molecule has 0 atom stereocenters. The van der Waals surface area contributed by atoms with E-state index in [1.807, 2.05) is 0 Å². The molecule has 0 saturated heterocycles. The lowest BCUT2D eigenvalue weighted by Crippen LogP contribution is -2.09. The van der Waals surface area contributed by atoms with Crippen LogP contribution >= 0.6 is 0 Å². The summed E-state index contributed by atoms with van der Waals surface area (Å²) in [6.07, 6.45) is -0.270. The zero-order chi connectivity index (χ0) is 15.2. The molecule has 0 spiro atoms. The molecule has 0 aliphatic carbocycles. The monoisotopic (exact) mass is 284 g/mol. The van der Waals surface area contributed by atoms with Crippen molar-refractivity contribution in [2.24, 2.45) is 0 Å². The molecule has 0 heterocycles. The fourth-order valence-corrected chi connectivity index (χ4v) is 2.06. The van der Waals surface area contributed by atoms with Crippen LogP contribution < -0.4 is 0 Å². The van der Waals surface area contributed by atoms with Gasteiger partial charge in [-0.3, -0.25) is 9.59 Å². The summed E-state index contributed by atoms with van der Waals surface area (Å²) in [4.78, 5) is 24.2. The first-order valence-electron chi connectivity index (χ1n) is 6.54. The molecule has 0 aliphatic heterocycles. The van der Waals surface area contributed by atoms with E-state index < -0.39 is 5.78 Å². The van der Waals surface area contributed by atoms with Gasteiger partial charge in [0.1, 0.15) is 5.75 Å². The standard InChI is InChI=1S/C17H16O4/c1-21-11-13-8-5-9-14(17(13)20)16(19)10-15(18)12-6-3-2-4-7-12/h2-9,20H,10-11H2,1H3. The molecule has 1 N–H and O–H groups in total. The second-order valence-electron chi connectivity index (χ2n) is 4.64. The Morgan fingerprint density at radius 3 is 2.38 bits per heavy atom. The average molecular weight is 284 g/mol. The van der Waals surface area contributed by atoms with Crippen molar-refractivity contribution in [3.05, 3.63) is 65.2 Å². The van der Waals surface area contributed by atoms with Gasteiger partial charge in [0.2, 0.25) is 0 Å². The van der Waals surface area contributed by atoms with Crippen molar-refractivity contribution in [2.75, 3.05) is 7.11 Å². The lowest BCUT2D eigenvalue weighted by Gasteiger charge is -2.08. The quantitative estimate of drug-likeness (QED) is 0.654. The topological polar surface area (TPSA) is 63.6 Å². The van der Waals surface area contributed by atoms with Crippen LogP contribution in [0.15, 0.2) is 48.5 Å². The molecule has 4 heteroatoms. The number of carbonyl (C=O) groups is 2. The molecule has 0 aliphatic rings. The molecule has 2 aromatic rings. The van der Waals surface area contributed by atoms with Crippen molar-refractivity contribution < 1.29 is 19.4 Å². The lowest BCUT2D eigenvalue weighted by atomic mass is 9.99. The van der Waals surface area contributed by atoms with Gasteiger partial charge in [-0.15, -0.1) is 0 Å². The number of benzene rings is 2. The predicted molar refractivity (Wildman–Crippen MR) is 78.5 cm³/mol. The first-order valence-corrected chi connectivity index (χ1v) is 6.54. The van der Waals surface area contributed by atoms with E-state index in [0.717, 1.165) is 0 Å². The summed E-state index contributed by atoms with van der Waals surface area (Å²) < 4.78 is 4.96. The number of hydrogen-bond donors (Lipinski definition) is 1. The molecule has 21 heavy (non-hydrogen) atoms. The van der Waals surface area contributed by atoms with Gasteiger partial charge in [0.05, 0.1) is 18.6 Å². The molecule has 108 valence electrons. The Morgan fingerprint density at radius 2 is 1.71 bits per heavy atom. The van der Waals surface area contributed by atoms with Crippen LogP contribution in [0, 0.1) is 0 Å². The normalized spacial score (nSPS) is 10.3. The van der Waals surface area contributed by atoms with Crippen molar-refractivity contribution in [2.45, 2.75) is 13.0 Å². The van der Waals surface area contributed by atoms with Crippen LogP contribution in [-0.2, 0) is 11.3 Å². The molecule has 0 radical (unpaired) electrons. The number of ether oxygens (including phenoxy) is 1. The van der Waals surface area contributed by atoms with Crippen molar-refractivity contribution in [1.29, 1.82) is 0 Å². The van der Waals surface area contributed by atoms with Crippen LogP contribution in [-0.4, -0.2) is 23.8 Å². The Balaban J connectivity index is 2.18. The van der Waals surface area contributed by atoms with Gasteiger partial charge in [-0.2, -0.15) is 0 Å². The number of phenols is 1. The minimum atomic E-state index is -0.403. The zero-order valence-corrected chi connectivity index (χ0v) is 11.7. The number of carbonyl (C=O) groups excluding carboxylic acids is 2. The Morgan fingerprint density at radius 1 is 1.00 bits per heavy atom. The molecule has 0 amide bonds. The van der Waals surface area contributed by atoms with Gasteiger partial charge >= 0.3 is 0 Å². The average Bonchev–Trinajstić information content (AvgIpc) is 2.50. The summed E-state index contributed by atoms with van der Waals surface area (Å²) >= 11 is 0. The van der Waals surface area contributed by atoms with E-state index in [0.29, 0.717) is 11.1 Å². The number of para-hydroxylation sites is 1. The molecule has 4 nitrogen and oxygen atoms in total. The lowest BCUT2D eigenvalue weighted by molar-refractivity contribution is 0.0892. The van der Waals surface area contributed by atoms with Gasteiger partial charge in [0.15, 0.2) is 11.6 Å². The number of hydrogen-bond acceptors (Lipinski definition) is 4. The third kappa shape index (κ3) is 3.55. The maximum absolute atomic E-state index is 12.2. The second-order valence-corrected chi connectivity index (χ2v) is 4.64. The zero-order valence-electron chi connectivity index (χ0n) is 11.7. The van der Waals surface area contributed by atoms with Crippen LogP contribution in [0.1, 0.15) is 32.7 Å². The van der Waals surface area contributed by atoms with Crippen LogP contribution in [0.3, 0.4) is 0 Å². The molecule has 0 fully saturated rings. The second kappa shape index (κ2) is 6.81. The molecule has 0 saturated carbocycles. The van der Waals surface area contributed by atoms with Gasteiger partial charge in [-0.25, -0.2) is 0 Å². The molecule has 2 aromatic carbocycles. The summed E-state index contributed by atoms with van der Waals surface area (Å²) in [6, 6.07) is 13.5. The van der Waals surface area contributed by atoms with E-state index in [1.54, 1.807) is 42.5 Å². The first-order chi connectivity index (χ1) is 10.1. The van der Waals surface area contributed by atoms with E-state index in [-0.39, 0.29) is 30.1 Å². The number of aromatic hydroxyl groups is 1. The van der Waals surface area contributed by atoms with Crippen molar-refractivity contribution in [1.82, 2.24) is 0 Å². The Labute approximate surface area is 123 Å². The predicted octanol–water partition coefficient (Wildman–Crippen LogP) is 2.99. The maximum Gasteiger partial charge on any atom is 0.174 e. The number of ketones is 2. The molecule has 0 bridgehead atoms. The third-order valence-corrected chi connectivity index (χ3v) is 3.14. The van der Waals surface area contributed by atoms with E-state index in [9.17, 15) is 14.7 Å². The van der Waals surface area contributed by atoms with E-state index >= 15 is 0 Å². The van der Waals surface area contributed by atoms with Gasteiger partial charge in [0.25, 0.3) is 0 Å². The van der Waals surface area contributed by atoms with E-state index in [2.05, 4.69) is 0 Å². The minimum Gasteiger partial charge on any atom is -0.507 e. The fourth-order valence-electron chi connectivity index (χ4n) is 2.06. The van der Waals surface area contributed by atoms with Crippen molar-refractivity contribution >= 4 is 11.6 Å². The first kappa shape index (κ1) is 14.9. The smallest absolute Gasteiger partial charge is 0.174 e. The fraction of sp³-hybridized carbons (Fsp3) is 0.176. The number of methoxy groups -OCH3 is 1. The van der Waals surface area contributed by atoms with Gasteiger partial charge in [-0.05, 0) is 6.07 Å². The minimum absolute atomic E-state index is 0.120. The van der Waals surface area contributed by atoms with Crippen LogP contribution in [0.25, 0.3) is 0 Å². The molecule has 2 rings (SSSR count). The number of rotatable bonds is 6. The Hall–Kier alpha value is -2.46. The number of Topliss-reactive ketones (excluding diaryl/α,β-unsaturated/α-hetero) is 2. The SMILES string of the molecule is COCc1cccc(C(=O)CC(=O)c2ccccc2)c1O.